The average Bonchev–Trinajstić information content (AvgIpc) is 2.87. The van der Waals surface area contributed by atoms with Crippen LogP contribution in [-0.4, -0.2) is 42.6 Å². The van der Waals surface area contributed by atoms with E-state index in [2.05, 4.69) is 5.32 Å². The van der Waals surface area contributed by atoms with E-state index in [1.165, 1.54) is 10.0 Å². The van der Waals surface area contributed by atoms with Gasteiger partial charge in [-0.3, -0.25) is 19.7 Å². The van der Waals surface area contributed by atoms with E-state index in [0.717, 1.165) is 0 Å². The fourth-order valence-corrected chi connectivity index (χ4v) is 2.03. The molecule has 1 aliphatic heterocycles. The number of benzene rings is 1. The summed E-state index contributed by atoms with van der Waals surface area (Å²) in [5.74, 6) is -1.34. The van der Waals surface area contributed by atoms with Crippen molar-refractivity contribution in [3.8, 4) is 0 Å². The molecule has 0 saturated carbocycles. The molecule has 1 heterocycles. The molecule has 0 aliphatic carbocycles. The molecule has 0 radical (unpaired) electrons. The zero-order chi connectivity index (χ0) is 15.2. The normalized spacial score (nSPS) is 14.1. The van der Waals surface area contributed by atoms with Gasteiger partial charge in [0.15, 0.2) is 0 Å². The van der Waals surface area contributed by atoms with E-state index in [1.807, 2.05) is 6.07 Å². The number of hydrogen-bond donors (Lipinski definition) is 1. The number of carbonyl (C=O) groups excluding carboxylic acids is 3. The van der Waals surface area contributed by atoms with Crippen molar-refractivity contribution >= 4 is 23.5 Å². The number of ether oxygens (including phenoxy) is 1. The highest BCUT2D eigenvalue weighted by molar-refractivity contribution is 6.05. The predicted octanol–water partition coefficient (Wildman–Crippen LogP) is 0.277. The molecule has 1 aromatic rings. The van der Waals surface area contributed by atoms with Crippen LogP contribution in [0, 0.1) is 0 Å². The van der Waals surface area contributed by atoms with Crippen LogP contribution >= 0.6 is 0 Å². The fraction of sp³-hybridized carbons (Fsp3) is 0.357. The Bertz CT molecular complexity index is 532. The van der Waals surface area contributed by atoms with Crippen LogP contribution in [0.5, 0.6) is 0 Å². The van der Waals surface area contributed by atoms with E-state index in [9.17, 15) is 14.4 Å². The lowest BCUT2D eigenvalue weighted by Crippen LogP contribution is -2.49. The lowest BCUT2D eigenvalue weighted by atomic mass is 10.3. The summed E-state index contributed by atoms with van der Waals surface area (Å²) >= 11 is 0. The summed E-state index contributed by atoms with van der Waals surface area (Å²) in [5, 5.41) is 5.38. The molecule has 1 fully saturated rings. The van der Waals surface area contributed by atoms with Crippen molar-refractivity contribution in [1.29, 1.82) is 0 Å². The number of anilines is 1. The van der Waals surface area contributed by atoms with Gasteiger partial charge in [-0.15, -0.1) is 0 Å². The summed E-state index contributed by atoms with van der Waals surface area (Å²) in [6.07, 6.45) is -0.410. The summed E-state index contributed by atoms with van der Waals surface area (Å²) in [7, 11) is 0. The summed E-state index contributed by atoms with van der Waals surface area (Å²) < 4.78 is 4.78. The SMILES string of the molecule is CCOC(=O)CC(=O)N(c1ccccc1)N1CNCC1=O. The summed E-state index contributed by atoms with van der Waals surface area (Å²) in [6.45, 7) is 2.27. The van der Waals surface area contributed by atoms with E-state index < -0.39 is 18.3 Å². The van der Waals surface area contributed by atoms with Gasteiger partial charge in [0.1, 0.15) is 6.42 Å². The number of esters is 1. The second-order valence-corrected chi connectivity index (χ2v) is 4.40. The minimum atomic E-state index is -0.608. The van der Waals surface area contributed by atoms with Gasteiger partial charge in [0.25, 0.3) is 11.8 Å². The molecule has 2 amide bonds. The van der Waals surface area contributed by atoms with Gasteiger partial charge >= 0.3 is 5.97 Å². The smallest absolute Gasteiger partial charge is 0.315 e. The summed E-state index contributed by atoms with van der Waals surface area (Å²) in [6, 6.07) is 8.73. The number of nitrogens with zero attached hydrogens (tertiary/aromatic N) is 2. The Balaban J connectivity index is 2.22. The number of rotatable bonds is 5. The van der Waals surface area contributed by atoms with E-state index in [4.69, 9.17) is 4.74 Å². The maximum Gasteiger partial charge on any atom is 0.315 e. The third-order valence-corrected chi connectivity index (χ3v) is 2.90. The maximum absolute atomic E-state index is 12.4. The molecule has 2 rings (SSSR count). The first-order chi connectivity index (χ1) is 10.1. The minimum Gasteiger partial charge on any atom is -0.466 e. The van der Waals surface area contributed by atoms with Crippen molar-refractivity contribution in [3.05, 3.63) is 30.3 Å². The van der Waals surface area contributed by atoms with E-state index in [0.29, 0.717) is 5.69 Å². The van der Waals surface area contributed by atoms with Crippen LogP contribution in [0.2, 0.25) is 0 Å². The first-order valence-electron chi connectivity index (χ1n) is 6.68. The van der Waals surface area contributed by atoms with E-state index in [-0.39, 0.29) is 25.7 Å². The van der Waals surface area contributed by atoms with Crippen LogP contribution in [-0.2, 0) is 19.1 Å². The third-order valence-electron chi connectivity index (χ3n) is 2.90. The van der Waals surface area contributed by atoms with Crippen molar-refractivity contribution in [2.45, 2.75) is 13.3 Å². The zero-order valence-corrected chi connectivity index (χ0v) is 11.7. The highest BCUT2D eigenvalue weighted by Gasteiger charge is 2.31. The molecule has 0 bridgehead atoms. The van der Waals surface area contributed by atoms with E-state index >= 15 is 0 Å². The quantitative estimate of drug-likeness (QED) is 0.622. The maximum atomic E-state index is 12.4. The van der Waals surface area contributed by atoms with Gasteiger partial charge in [0.2, 0.25) is 0 Å². The average molecular weight is 291 g/mol. The number of hydrogen-bond acceptors (Lipinski definition) is 5. The van der Waals surface area contributed by atoms with Crippen molar-refractivity contribution in [2.75, 3.05) is 24.8 Å². The zero-order valence-electron chi connectivity index (χ0n) is 11.7. The molecule has 21 heavy (non-hydrogen) atoms. The first-order valence-corrected chi connectivity index (χ1v) is 6.68. The van der Waals surface area contributed by atoms with Crippen LogP contribution in [0.3, 0.4) is 0 Å². The van der Waals surface area contributed by atoms with Crippen molar-refractivity contribution in [1.82, 2.24) is 10.3 Å². The van der Waals surface area contributed by atoms with Gasteiger partial charge < -0.3 is 4.74 Å². The van der Waals surface area contributed by atoms with Gasteiger partial charge in [-0.25, -0.2) is 10.0 Å². The van der Waals surface area contributed by atoms with Gasteiger partial charge in [-0.2, -0.15) is 0 Å². The Morgan fingerprint density at radius 3 is 2.62 bits per heavy atom. The lowest BCUT2D eigenvalue weighted by Gasteiger charge is -2.30. The molecule has 1 aliphatic rings. The van der Waals surface area contributed by atoms with Crippen LogP contribution in [0.4, 0.5) is 5.69 Å². The number of nitrogens with one attached hydrogen (secondary N) is 1. The van der Waals surface area contributed by atoms with Crippen LogP contribution in [0.15, 0.2) is 30.3 Å². The largest absolute Gasteiger partial charge is 0.466 e. The molecule has 0 spiro atoms. The summed E-state index contributed by atoms with van der Waals surface area (Å²) in [5.41, 5.74) is 0.531. The molecular formula is C14H17N3O4. The Labute approximate surface area is 122 Å². The molecule has 1 saturated heterocycles. The molecule has 1 N–H and O–H groups in total. The number of hydrazine groups is 1. The Morgan fingerprint density at radius 1 is 1.33 bits per heavy atom. The van der Waals surface area contributed by atoms with Crippen molar-refractivity contribution < 1.29 is 19.1 Å². The fourth-order valence-electron chi connectivity index (χ4n) is 2.03. The first kappa shape index (κ1) is 15.0. The minimum absolute atomic E-state index is 0.163. The molecule has 0 unspecified atom stereocenters. The highest BCUT2D eigenvalue weighted by Crippen LogP contribution is 2.18. The number of carbonyl (C=O) groups is 3. The molecule has 112 valence electrons. The molecule has 0 aromatic heterocycles. The Kier molecular flexibility index (Phi) is 4.89. The Hall–Kier alpha value is -2.41. The van der Waals surface area contributed by atoms with Crippen LogP contribution in [0.25, 0.3) is 0 Å². The molecule has 0 atom stereocenters. The van der Waals surface area contributed by atoms with Crippen LogP contribution in [0.1, 0.15) is 13.3 Å². The van der Waals surface area contributed by atoms with Gasteiger partial charge in [-0.05, 0) is 19.1 Å². The predicted molar refractivity (Wildman–Crippen MR) is 74.9 cm³/mol. The molecule has 7 nitrogen and oxygen atoms in total. The second kappa shape index (κ2) is 6.85. The highest BCUT2D eigenvalue weighted by atomic mass is 16.5. The van der Waals surface area contributed by atoms with Gasteiger partial charge in [0.05, 0.1) is 25.5 Å². The molecule has 7 heteroatoms. The third kappa shape index (κ3) is 3.57. The standard InChI is InChI=1S/C14H17N3O4/c1-2-21-14(20)8-12(18)17(11-6-4-3-5-7-11)16-10-15-9-13(16)19/h3-7,15H,2,8-10H2,1H3. The van der Waals surface area contributed by atoms with Gasteiger partial charge in [0, 0.05) is 0 Å². The second-order valence-electron chi connectivity index (χ2n) is 4.40. The topological polar surface area (TPSA) is 79.0 Å². The monoisotopic (exact) mass is 291 g/mol. The number of para-hydroxylation sites is 1. The van der Waals surface area contributed by atoms with Crippen LogP contribution < -0.4 is 10.3 Å². The Morgan fingerprint density at radius 2 is 2.05 bits per heavy atom. The molecule has 1 aromatic carbocycles. The molecular weight excluding hydrogens is 274 g/mol. The summed E-state index contributed by atoms with van der Waals surface area (Å²) in [4.78, 5) is 35.7. The number of amides is 2. The van der Waals surface area contributed by atoms with Crippen molar-refractivity contribution in [3.63, 3.8) is 0 Å². The van der Waals surface area contributed by atoms with Crippen molar-refractivity contribution in [2.24, 2.45) is 0 Å². The lowest BCUT2D eigenvalue weighted by molar-refractivity contribution is -0.147. The van der Waals surface area contributed by atoms with E-state index in [1.54, 1.807) is 31.2 Å². The van der Waals surface area contributed by atoms with Gasteiger partial charge in [-0.1, -0.05) is 18.2 Å².